The molecule has 1 N–H and O–H groups in total. The first-order valence-corrected chi connectivity index (χ1v) is 7.25. The summed E-state index contributed by atoms with van der Waals surface area (Å²) in [5, 5.41) is 11.4. The van der Waals surface area contributed by atoms with Crippen LogP contribution in [0.25, 0.3) is 0 Å². The van der Waals surface area contributed by atoms with E-state index in [0.29, 0.717) is 4.21 Å². The number of sulfone groups is 1. The third-order valence-corrected chi connectivity index (χ3v) is 5.44. The quantitative estimate of drug-likeness (QED) is 0.798. The van der Waals surface area contributed by atoms with Crippen LogP contribution in [0.3, 0.4) is 0 Å². The maximum Gasteiger partial charge on any atom is 0.185 e. The van der Waals surface area contributed by atoms with Gasteiger partial charge in [-0.05, 0) is 35.8 Å². The molecule has 14 heavy (non-hydrogen) atoms. The lowest BCUT2D eigenvalue weighted by molar-refractivity contribution is 0.157. The third kappa shape index (κ3) is 1.60. The van der Waals surface area contributed by atoms with Gasteiger partial charge in [-0.15, -0.1) is 11.3 Å². The van der Waals surface area contributed by atoms with E-state index < -0.39 is 15.9 Å². The largest absolute Gasteiger partial charge is 0.388 e. The molecule has 1 aliphatic carbocycles. The highest BCUT2D eigenvalue weighted by Gasteiger charge is 2.26. The van der Waals surface area contributed by atoms with E-state index in [4.69, 9.17) is 0 Å². The fourth-order valence-corrected chi connectivity index (χ4v) is 4.25. The Labute approximate surface area is 87.3 Å². The van der Waals surface area contributed by atoms with Crippen LogP contribution in [0.4, 0.5) is 0 Å². The van der Waals surface area contributed by atoms with Crippen LogP contribution in [-0.4, -0.2) is 19.8 Å². The summed E-state index contributed by atoms with van der Waals surface area (Å²) < 4.78 is 23.2. The van der Waals surface area contributed by atoms with Gasteiger partial charge in [0.2, 0.25) is 0 Å². The number of aliphatic hydroxyl groups excluding tert-OH is 1. The van der Waals surface area contributed by atoms with Crippen molar-refractivity contribution in [2.45, 2.75) is 29.6 Å². The van der Waals surface area contributed by atoms with Crippen molar-refractivity contribution in [3.05, 3.63) is 16.5 Å². The Bertz CT molecular complexity index is 445. The van der Waals surface area contributed by atoms with Crippen LogP contribution >= 0.6 is 11.3 Å². The van der Waals surface area contributed by atoms with Crippen LogP contribution < -0.4 is 0 Å². The van der Waals surface area contributed by atoms with Gasteiger partial charge in [0.1, 0.15) is 4.21 Å². The molecule has 1 atom stereocenters. The molecule has 1 aromatic heterocycles. The van der Waals surface area contributed by atoms with Crippen molar-refractivity contribution in [3.63, 3.8) is 0 Å². The topological polar surface area (TPSA) is 54.4 Å². The van der Waals surface area contributed by atoms with Gasteiger partial charge in [-0.3, -0.25) is 0 Å². The van der Waals surface area contributed by atoms with Crippen LogP contribution in [0.15, 0.2) is 9.59 Å². The first kappa shape index (κ1) is 10.1. The second-order valence-electron chi connectivity index (χ2n) is 3.64. The predicted molar refractivity (Wildman–Crippen MR) is 55.3 cm³/mol. The van der Waals surface area contributed by atoms with E-state index in [1.165, 1.54) is 17.6 Å². The second-order valence-corrected chi connectivity index (χ2v) is 6.73. The van der Waals surface area contributed by atoms with Gasteiger partial charge in [-0.1, -0.05) is 0 Å². The van der Waals surface area contributed by atoms with Gasteiger partial charge in [0, 0.05) is 6.26 Å². The Balaban J connectivity index is 2.57. The summed E-state index contributed by atoms with van der Waals surface area (Å²) in [5.41, 5.74) is 1.66. The van der Waals surface area contributed by atoms with Gasteiger partial charge in [0.05, 0.1) is 6.10 Å². The molecular formula is C9H12O3S2. The molecule has 1 unspecified atom stereocenters. The number of thiophene rings is 1. The van der Waals surface area contributed by atoms with Gasteiger partial charge in [0.15, 0.2) is 9.84 Å². The van der Waals surface area contributed by atoms with E-state index in [-0.39, 0.29) is 0 Å². The number of hydrogen-bond acceptors (Lipinski definition) is 4. The number of rotatable bonds is 1. The molecule has 0 amide bonds. The first-order chi connectivity index (χ1) is 6.50. The average molecular weight is 232 g/mol. The summed E-state index contributed by atoms with van der Waals surface area (Å²) in [7, 11) is -3.12. The molecule has 78 valence electrons. The molecule has 1 aliphatic rings. The molecule has 1 aromatic rings. The minimum Gasteiger partial charge on any atom is -0.388 e. The summed E-state index contributed by atoms with van der Waals surface area (Å²) in [6.45, 7) is 0. The summed E-state index contributed by atoms with van der Waals surface area (Å²) in [6, 6.07) is 0. The highest BCUT2D eigenvalue weighted by atomic mass is 32.2. The van der Waals surface area contributed by atoms with E-state index >= 15 is 0 Å². The fraction of sp³-hybridized carbons (Fsp3) is 0.556. The van der Waals surface area contributed by atoms with E-state index in [1.54, 1.807) is 5.38 Å². The van der Waals surface area contributed by atoms with Crippen LogP contribution in [0.1, 0.15) is 30.1 Å². The number of fused-ring (bicyclic) bond motifs is 1. The first-order valence-electron chi connectivity index (χ1n) is 4.48. The maximum absolute atomic E-state index is 11.4. The Morgan fingerprint density at radius 1 is 1.57 bits per heavy atom. The Kier molecular flexibility index (Phi) is 2.41. The molecule has 0 fully saturated rings. The molecule has 0 bridgehead atoms. The van der Waals surface area contributed by atoms with Crippen molar-refractivity contribution in [2.75, 3.05) is 6.26 Å². The van der Waals surface area contributed by atoms with Gasteiger partial charge in [-0.2, -0.15) is 0 Å². The smallest absolute Gasteiger partial charge is 0.185 e. The summed E-state index contributed by atoms with van der Waals surface area (Å²) >= 11 is 1.23. The maximum atomic E-state index is 11.4. The zero-order chi connectivity index (χ0) is 10.3. The molecule has 3 nitrogen and oxygen atoms in total. The molecule has 1 heterocycles. The van der Waals surface area contributed by atoms with E-state index in [2.05, 4.69) is 0 Å². The molecule has 2 rings (SSSR count). The number of hydrogen-bond donors (Lipinski definition) is 1. The Morgan fingerprint density at radius 3 is 2.93 bits per heavy atom. The lowest BCUT2D eigenvalue weighted by Crippen LogP contribution is -2.09. The minimum atomic E-state index is -3.12. The molecule has 5 heteroatoms. The molecule has 0 radical (unpaired) electrons. The minimum absolute atomic E-state index is 0.436. The Hall–Kier alpha value is -0.390. The lowest BCUT2D eigenvalue weighted by Gasteiger charge is -2.18. The van der Waals surface area contributed by atoms with Crippen molar-refractivity contribution < 1.29 is 13.5 Å². The highest BCUT2D eigenvalue weighted by Crippen LogP contribution is 2.37. The van der Waals surface area contributed by atoms with Gasteiger partial charge in [-0.25, -0.2) is 8.42 Å². The van der Waals surface area contributed by atoms with Gasteiger partial charge < -0.3 is 5.11 Å². The molecule has 0 saturated carbocycles. The SMILES string of the molecule is CS(=O)(=O)c1scc2c1CCCC2O. The molecule has 0 saturated heterocycles. The van der Waals surface area contributed by atoms with E-state index in [1.807, 2.05) is 0 Å². The lowest BCUT2D eigenvalue weighted by atomic mass is 9.93. The van der Waals surface area contributed by atoms with Crippen molar-refractivity contribution in [2.24, 2.45) is 0 Å². The van der Waals surface area contributed by atoms with Crippen LogP contribution in [0.2, 0.25) is 0 Å². The van der Waals surface area contributed by atoms with Crippen LogP contribution in [0, 0.1) is 0 Å². The van der Waals surface area contributed by atoms with Crippen molar-refractivity contribution in [1.82, 2.24) is 0 Å². The highest BCUT2D eigenvalue weighted by molar-refractivity contribution is 7.92. The fourth-order valence-electron chi connectivity index (χ4n) is 1.84. The van der Waals surface area contributed by atoms with Crippen molar-refractivity contribution in [1.29, 1.82) is 0 Å². The van der Waals surface area contributed by atoms with Crippen molar-refractivity contribution in [3.8, 4) is 0 Å². The molecular weight excluding hydrogens is 220 g/mol. The monoisotopic (exact) mass is 232 g/mol. The van der Waals surface area contributed by atoms with Gasteiger partial charge in [0.25, 0.3) is 0 Å². The van der Waals surface area contributed by atoms with E-state index in [0.717, 1.165) is 30.4 Å². The standard InChI is InChI=1S/C9H12O3S2/c1-14(11,12)9-6-3-2-4-8(10)7(6)5-13-9/h5,8,10H,2-4H2,1H3. The zero-order valence-corrected chi connectivity index (χ0v) is 9.49. The van der Waals surface area contributed by atoms with E-state index in [9.17, 15) is 13.5 Å². The number of aliphatic hydroxyl groups is 1. The van der Waals surface area contributed by atoms with Crippen molar-refractivity contribution >= 4 is 21.2 Å². The third-order valence-electron chi connectivity index (χ3n) is 2.49. The molecule has 0 aromatic carbocycles. The van der Waals surface area contributed by atoms with Crippen LogP contribution in [0.5, 0.6) is 0 Å². The predicted octanol–water partition coefficient (Wildman–Crippen LogP) is 1.52. The average Bonchev–Trinajstić information content (AvgIpc) is 2.47. The summed E-state index contributed by atoms with van der Waals surface area (Å²) in [4.78, 5) is 0. The zero-order valence-electron chi connectivity index (χ0n) is 7.86. The molecule has 0 spiro atoms. The van der Waals surface area contributed by atoms with Gasteiger partial charge >= 0.3 is 0 Å². The normalized spacial score (nSPS) is 22.0. The summed E-state index contributed by atoms with van der Waals surface area (Å²) in [5.74, 6) is 0. The second kappa shape index (κ2) is 3.32. The molecule has 0 aliphatic heterocycles. The van der Waals surface area contributed by atoms with Crippen LogP contribution in [-0.2, 0) is 16.3 Å². The summed E-state index contributed by atoms with van der Waals surface area (Å²) in [6.07, 6.45) is 3.14. The Morgan fingerprint density at radius 2 is 2.29 bits per heavy atom.